The zero-order valence-corrected chi connectivity index (χ0v) is 6.86. The standard InChI is InChI=1S/C8H10N4/c1-2-7-4-11-8-10-3-6(9)5-12(7)8/h3-5H,2,9H2,1H3. The second-order valence-corrected chi connectivity index (χ2v) is 2.66. The Balaban J connectivity index is 2.75. The molecule has 0 aliphatic heterocycles. The molecule has 4 nitrogen and oxygen atoms in total. The van der Waals surface area contributed by atoms with Crippen molar-refractivity contribution in [3.63, 3.8) is 0 Å². The lowest BCUT2D eigenvalue weighted by Crippen LogP contribution is -1.96. The Kier molecular flexibility index (Phi) is 1.46. The van der Waals surface area contributed by atoms with Gasteiger partial charge in [0.2, 0.25) is 5.78 Å². The molecule has 0 saturated carbocycles. The van der Waals surface area contributed by atoms with E-state index in [0.29, 0.717) is 11.5 Å². The number of imidazole rings is 1. The normalized spacial score (nSPS) is 10.8. The minimum absolute atomic E-state index is 0.662. The van der Waals surface area contributed by atoms with Crippen molar-refractivity contribution in [1.29, 1.82) is 0 Å². The first-order chi connectivity index (χ1) is 5.81. The molecule has 0 saturated heterocycles. The van der Waals surface area contributed by atoms with Crippen LogP contribution in [0.5, 0.6) is 0 Å². The van der Waals surface area contributed by atoms with Gasteiger partial charge in [0.1, 0.15) is 0 Å². The van der Waals surface area contributed by atoms with E-state index in [-0.39, 0.29) is 0 Å². The molecular weight excluding hydrogens is 152 g/mol. The number of hydrogen-bond acceptors (Lipinski definition) is 3. The number of hydrogen-bond donors (Lipinski definition) is 1. The first-order valence-corrected chi connectivity index (χ1v) is 3.88. The molecule has 2 rings (SSSR count). The molecule has 0 atom stereocenters. The quantitative estimate of drug-likeness (QED) is 0.677. The van der Waals surface area contributed by atoms with E-state index in [9.17, 15) is 0 Å². The van der Waals surface area contributed by atoms with Gasteiger partial charge in [0.25, 0.3) is 0 Å². The number of nitrogens with two attached hydrogens (primary N) is 1. The predicted molar refractivity (Wildman–Crippen MR) is 46.8 cm³/mol. The van der Waals surface area contributed by atoms with Crippen LogP contribution in [0.25, 0.3) is 5.78 Å². The van der Waals surface area contributed by atoms with Crippen molar-refractivity contribution in [3.8, 4) is 0 Å². The van der Waals surface area contributed by atoms with Crippen molar-refractivity contribution in [2.45, 2.75) is 13.3 Å². The summed E-state index contributed by atoms with van der Waals surface area (Å²) in [5.41, 5.74) is 7.39. The molecule has 0 aliphatic rings. The number of aryl methyl sites for hydroxylation is 1. The van der Waals surface area contributed by atoms with Crippen LogP contribution >= 0.6 is 0 Å². The topological polar surface area (TPSA) is 56.2 Å². The molecule has 0 spiro atoms. The summed E-state index contributed by atoms with van der Waals surface area (Å²) in [5.74, 6) is 0.709. The van der Waals surface area contributed by atoms with E-state index in [1.54, 1.807) is 6.20 Å². The average molecular weight is 162 g/mol. The Labute approximate surface area is 70.1 Å². The number of anilines is 1. The molecule has 0 aromatic carbocycles. The minimum Gasteiger partial charge on any atom is -0.396 e. The lowest BCUT2D eigenvalue weighted by Gasteiger charge is -1.97. The predicted octanol–water partition coefficient (Wildman–Crippen LogP) is 0.874. The van der Waals surface area contributed by atoms with Crippen LogP contribution in [0.15, 0.2) is 18.6 Å². The Bertz CT molecular complexity index is 404. The van der Waals surface area contributed by atoms with Gasteiger partial charge in [0, 0.05) is 11.9 Å². The second kappa shape index (κ2) is 2.48. The lowest BCUT2D eigenvalue weighted by atomic mass is 10.4. The Morgan fingerprint density at radius 1 is 1.42 bits per heavy atom. The van der Waals surface area contributed by atoms with Crippen LogP contribution < -0.4 is 5.73 Å². The molecule has 2 N–H and O–H groups in total. The molecular formula is C8H10N4. The molecule has 0 radical (unpaired) electrons. The van der Waals surface area contributed by atoms with Crippen molar-refractivity contribution in [2.24, 2.45) is 0 Å². The van der Waals surface area contributed by atoms with E-state index in [2.05, 4.69) is 16.9 Å². The van der Waals surface area contributed by atoms with Crippen molar-refractivity contribution in [1.82, 2.24) is 14.4 Å². The van der Waals surface area contributed by atoms with Crippen molar-refractivity contribution in [3.05, 3.63) is 24.3 Å². The zero-order valence-electron chi connectivity index (χ0n) is 6.86. The molecule has 0 amide bonds. The van der Waals surface area contributed by atoms with E-state index in [4.69, 9.17) is 5.73 Å². The Morgan fingerprint density at radius 3 is 2.92 bits per heavy atom. The van der Waals surface area contributed by atoms with Gasteiger partial charge in [0.05, 0.1) is 18.1 Å². The fourth-order valence-electron chi connectivity index (χ4n) is 1.20. The highest BCUT2D eigenvalue weighted by Crippen LogP contribution is 2.07. The molecule has 4 heteroatoms. The molecule has 12 heavy (non-hydrogen) atoms. The first kappa shape index (κ1) is 7.09. The molecule has 2 aromatic rings. The fourth-order valence-corrected chi connectivity index (χ4v) is 1.20. The van der Waals surface area contributed by atoms with E-state index >= 15 is 0 Å². The summed E-state index contributed by atoms with van der Waals surface area (Å²) in [4.78, 5) is 8.20. The molecule has 0 aliphatic carbocycles. The van der Waals surface area contributed by atoms with Crippen molar-refractivity contribution >= 4 is 11.5 Å². The van der Waals surface area contributed by atoms with Crippen LogP contribution in [0.3, 0.4) is 0 Å². The highest BCUT2D eigenvalue weighted by Gasteiger charge is 2.00. The van der Waals surface area contributed by atoms with Gasteiger partial charge in [-0.2, -0.15) is 0 Å². The summed E-state index contributed by atoms with van der Waals surface area (Å²) >= 11 is 0. The number of nitrogens with zero attached hydrogens (tertiary/aromatic N) is 3. The van der Waals surface area contributed by atoms with Gasteiger partial charge < -0.3 is 5.73 Å². The molecule has 0 bridgehead atoms. The average Bonchev–Trinajstić information content (AvgIpc) is 2.46. The van der Waals surface area contributed by atoms with Gasteiger partial charge in [-0.1, -0.05) is 6.92 Å². The highest BCUT2D eigenvalue weighted by atomic mass is 15.1. The molecule has 0 fully saturated rings. The van der Waals surface area contributed by atoms with Crippen LogP contribution in [-0.4, -0.2) is 14.4 Å². The van der Waals surface area contributed by atoms with E-state index in [0.717, 1.165) is 12.1 Å². The zero-order chi connectivity index (χ0) is 8.55. The van der Waals surface area contributed by atoms with E-state index in [1.165, 1.54) is 0 Å². The number of fused-ring (bicyclic) bond motifs is 1. The van der Waals surface area contributed by atoms with E-state index in [1.807, 2.05) is 16.8 Å². The minimum atomic E-state index is 0.662. The molecule has 62 valence electrons. The maximum absolute atomic E-state index is 5.60. The summed E-state index contributed by atoms with van der Waals surface area (Å²) in [5, 5.41) is 0. The summed E-state index contributed by atoms with van der Waals surface area (Å²) in [6, 6.07) is 0. The maximum atomic E-state index is 5.60. The van der Waals surface area contributed by atoms with Crippen molar-refractivity contribution < 1.29 is 0 Å². The third kappa shape index (κ3) is 0.922. The lowest BCUT2D eigenvalue weighted by molar-refractivity contribution is 0.980. The van der Waals surface area contributed by atoms with Gasteiger partial charge in [-0.15, -0.1) is 0 Å². The smallest absolute Gasteiger partial charge is 0.234 e. The van der Waals surface area contributed by atoms with Crippen LogP contribution in [0.1, 0.15) is 12.6 Å². The molecule has 0 unspecified atom stereocenters. The maximum Gasteiger partial charge on any atom is 0.234 e. The van der Waals surface area contributed by atoms with Gasteiger partial charge in [-0.25, -0.2) is 9.97 Å². The van der Waals surface area contributed by atoms with Crippen molar-refractivity contribution in [2.75, 3.05) is 5.73 Å². The van der Waals surface area contributed by atoms with Gasteiger partial charge in [-0.3, -0.25) is 4.40 Å². The monoisotopic (exact) mass is 162 g/mol. The highest BCUT2D eigenvalue weighted by molar-refractivity contribution is 5.40. The SMILES string of the molecule is CCc1cnc2ncc(N)cn12. The van der Waals surface area contributed by atoms with E-state index < -0.39 is 0 Å². The summed E-state index contributed by atoms with van der Waals surface area (Å²) in [6.07, 6.45) is 6.21. The summed E-state index contributed by atoms with van der Waals surface area (Å²) < 4.78 is 1.91. The Hall–Kier alpha value is -1.58. The first-order valence-electron chi connectivity index (χ1n) is 3.88. The second-order valence-electron chi connectivity index (χ2n) is 2.66. The summed E-state index contributed by atoms with van der Waals surface area (Å²) in [7, 11) is 0. The number of nitrogen functional groups attached to an aromatic ring is 1. The number of rotatable bonds is 1. The third-order valence-electron chi connectivity index (χ3n) is 1.82. The Morgan fingerprint density at radius 2 is 2.17 bits per heavy atom. The number of aromatic nitrogens is 3. The van der Waals surface area contributed by atoms with Crippen LogP contribution in [0, 0.1) is 0 Å². The van der Waals surface area contributed by atoms with Gasteiger partial charge in [-0.05, 0) is 6.42 Å². The van der Waals surface area contributed by atoms with Crippen LogP contribution in [0.2, 0.25) is 0 Å². The van der Waals surface area contributed by atoms with Crippen LogP contribution in [-0.2, 0) is 6.42 Å². The fraction of sp³-hybridized carbons (Fsp3) is 0.250. The molecule has 2 aromatic heterocycles. The largest absolute Gasteiger partial charge is 0.396 e. The molecule has 2 heterocycles. The van der Waals surface area contributed by atoms with Gasteiger partial charge >= 0.3 is 0 Å². The van der Waals surface area contributed by atoms with Gasteiger partial charge in [0.15, 0.2) is 0 Å². The third-order valence-corrected chi connectivity index (χ3v) is 1.82. The van der Waals surface area contributed by atoms with Crippen LogP contribution in [0.4, 0.5) is 5.69 Å². The summed E-state index contributed by atoms with van der Waals surface area (Å²) in [6.45, 7) is 2.08.